The van der Waals surface area contributed by atoms with Crippen LogP contribution in [0.25, 0.3) is 0 Å². The summed E-state index contributed by atoms with van der Waals surface area (Å²) in [5.74, 6) is -3.16. The smallest absolute Gasteiger partial charge is 0.321 e. The van der Waals surface area contributed by atoms with Crippen molar-refractivity contribution in [1.29, 1.82) is 0 Å². The van der Waals surface area contributed by atoms with Crippen molar-refractivity contribution in [3.05, 3.63) is 29.8 Å². The van der Waals surface area contributed by atoms with Crippen LogP contribution in [-0.2, 0) is 14.3 Å². The van der Waals surface area contributed by atoms with Crippen molar-refractivity contribution in [2.45, 2.75) is 31.2 Å². The number of esters is 1. The zero-order valence-corrected chi connectivity index (χ0v) is 14.0. The van der Waals surface area contributed by atoms with Crippen molar-refractivity contribution < 1.29 is 27.9 Å². The monoisotopic (exact) mass is 360 g/mol. The first kappa shape index (κ1) is 19.9. The van der Waals surface area contributed by atoms with E-state index in [1.165, 1.54) is 0 Å². The van der Waals surface area contributed by atoms with Gasteiger partial charge in [0.25, 0.3) is 5.91 Å². The van der Waals surface area contributed by atoms with Crippen molar-refractivity contribution in [2.24, 2.45) is 0 Å². The Morgan fingerprint density at radius 2 is 2.00 bits per heavy atom. The standard InChI is InChI=1S/C15H18F2N2O4S/c1-3-9(2)18-15(22)19-13(20)7-23-14(21)8-24-12-6-10(16)4-5-11(12)17/h4-6,9H,3,7-8H2,1-2H3,(H2,18,19,20,22)/t9-/m0/s1. The first-order chi connectivity index (χ1) is 11.3. The van der Waals surface area contributed by atoms with E-state index in [2.05, 4.69) is 10.1 Å². The zero-order valence-electron chi connectivity index (χ0n) is 13.2. The normalized spacial score (nSPS) is 11.5. The molecule has 1 aromatic rings. The van der Waals surface area contributed by atoms with Gasteiger partial charge in [-0.2, -0.15) is 0 Å². The number of carbonyl (C=O) groups is 3. The fraction of sp³-hybridized carbons (Fsp3) is 0.400. The third-order valence-corrected chi connectivity index (χ3v) is 3.85. The van der Waals surface area contributed by atoms with Gasteiger partial charge >= 0.3 is 12.0 Å². The van der Waals surface area contributed by atoms with Crippen molar-refractivity contribution in [3.8, 4) is 0 Å². The molecule has 1 rings (SSSR count). The van der Waals surface area contributed by atoms with Gasteiger partial charge in [0.2, 0.25) is 0 Å². The Morgan fingerprint density at radius 3 is 2.67 bits per heavy atom. The lowest BCUT2D eigenvalue weighted by Crippen LogP contribution is -2.44. The Balaban J connectivity index is 2.31. The van der Waals surface area contributed by atoms with Gasteiger partial charge in [0.1, 0.15) is 11.6 Å². The molecule has 0 spiro atoms. The average Bonchev–Trinajstić information content (AvgIpc) is 2.53. The van der Waals surface area contributed by atoms with E-state index in [9.17, 15) is 23.2 Å². The number of rotatable bonds is 7. The number of nitrogens with one attached hydrogen (secondary N) is 2. The van der Waals surface area contributed by atoms with Crippen molar-refractivity contribution >= 4 is 29.7 Å². The molecule has 2 N–H and O–H groups in total. The molecule has 0 aliphatic rings. The molecule has 0 saturated heterocycles. The Bertz CT molecular complexity index is 613. The van der Waals surface area contributed by atoms with Crippen LogP contribution in [0.2, 0.25) is 0 Å². The average molecular weight is 360 g/mol. The van der Waals surface area contributed by atoms with Gasteiger partial charge in [0.05, 0.1) is 5.75 Å². The SMILES string of the molecule is CC[C@H](C)NC(=O)NC(=O)COC(=O)CSc1cc(F)ccc1F. The summed E-state index contributed by atoms with van der Waals surface area (Å²) in [6, 6.07) is 2.09. The van der Waals surface area contributed by atoms with Crippen LogP contribution in [-0.4, -0.2) is 36.3 Å². The summed E-state index contributed by atoms with van der Waals surface area (Å²) < 4.78 is 31.0. The first-order valence-corrected chi connectivity index (χ1v) is 8.14. The molecule has 0 saturated carbocycles. The maximum absolute atomic E-state index is 13.4. The Kier molecular flexibility index (Phi) is 8.17. The Hall–Kier alpha value is -2.16. The fourth-order valence-electron chi connectivity index (χ4n) is 1.44. The van der Waals surface area contributed by atoms with E-state index in [0.29, 0.717) is 6.42 Å². The van der Waals surface area contributed by atoms with Gasteiger partial charge < -0.3 is 10.1 Å². The van der Waals surface area contributed by atoms with Crippen molar-refractivity contribution in [3.63, 3.8) is 0 Å². The van der Waals surface area contributed by atoms with E-state index in [0.717, 1.165) is 30.0 Å². The largest absolute Gasteiger partial charge is 0.455 e. The minimum Gasteiger partial charge on any atom is -0.455 e. The fourth-order valence-corrected chi connectivity index (χ4v) is 2.20. The molecule has 0 heterocycles. The number of urea groups is 1. The molecule has 0 unspecified atom stereocenters. The molecule has 0 aliphatic carbocycles. The highest BCUT2D eigenvalue weighted by Gasteiger charge is 2.13. The summed E-state index contributed by atoms with van der Waals surface area (Å²) >= 11 is 0.746. The van der Waals surface area contributed by atoms with Crippen LogP contribution >= 0.6 is 11.8 Å². The highest BCUT2D eigenvalue weighted by Crippen LogP contribution is 2.22. The quantitative estimate of drug-likeness (QED) is 0.575. The van der Waals surface area contributed by atoms with Crippen molar-refractivity contribution in [1.82, 2.24) is 10.6 Å². The molecule has 0 aliphatic heterocycles. The molecule has 24 heavy (non-hydrogen) atoms. The molecule has 0 radical (unpaired) electrons. The Labute approximate surface area is 142 Å². The maximum Gasteiger partial charge on any atom is 0.321 e. The maximum atomic E-state index is 13.4. The molecule has 0 bridgehead atoms. The number of amides is 3. The second-order valence-electron chi connectivity index (χ2n) is 4.86. The number of halogens is 2. The lowest BCUT2D eigenvalue weighted by molar-refractivity contribution is -0.145. The minimum atomic E-state index is -0.791. The summed E-state index contributed by atoms with van der Waals surface area (Å²) in [4.78, 5) is 34.3. The van der Waals surface area contributed by atoms with E-state index in [1.54, 1.807) is 6.92 Å². The summed E-state index contributed by atoms with van der Waals surface area (Å²) in [6.07, 6.45) is 0.699. The lowest BCUT2D eigenvalue weighted by Gasteiger charge is -2.11. The predicted molar refractivity (Wildman–Crippen MR) is 84.5 cm³/mol. The molecular formula is C15H18F2N2O4S. The third-order valence-electron chi connectivity index (χ3n) is 2.85. The van der Waals surface area contributed by atoms with E-state index >= 15 is 0 Å². The third kappa shape index (κ3) is 7.40. The van der Waals surface area contributed by atoms with Crippen LogP contribution in [0.1, 0.15) is 20.3 Å². The number of hydrogen-bond donors (Lipinski definition) is 2. The second-order valence-corrected chi connectivity index (χ2v) is 5.87. The van der Waals surface area contributed by atoms with Gasteiger partial charge in [-0.05, 0) is 31.5 Å². The van der Waals surface area contributed by atoms with E-state index < -0.39 is 36.1 Å². The number of imide groups is 1. The topological polar surface area (TPSA) is 84.5 Å². The van der Waals surface area contributed by atoms with Gasteiger partial charge in [-0.3, -0.25) is 14.9 Å². The van der Waals surface area contributed by atoms with Gasteiger partial charge in [-0.1, -0.05) is 6.92 Å². The van der Waals surface area contributed by atoms with Crippen LogP contribution in [0.15, 0.2) is 23.1 Å². The van der Waals surface area contributed by atoms with Crippen LogP contribution in [0.5, 0.6) is 0 Å². The molecular weight excluding hydrogens is 342 g/mol. The number of ether oxygens (including phenoxy) is 1. The van der Waals surface area contributed by atoms with E-state index in [1.807, 2.05) is 12.2 Å². The highest BCUT2D eigenvalue weighted by molar-refractivity contribution is 8.00. The van der Waals surface area contributed by atoms with Gasteiger partial charge in [-0.25, -0.2) is 13.6 Å². The number of benzene rings is 1. The lowest BCUT2D eigenvalue weighted by atomic mass is 10.3. The molecule has 1 aromatic carbocycles. The summed E-state index contributed by atoms with van der Waals surface area (Å²) in [7, 11) is 0. The minimum absolute atomic E-state index is 0.0377. The number of carbonyl (C=O) groups excluding carboxylic acids is 3. The predicted octanol–water partition coefficient (Wildman–Crippen LogP) is 2.22. The van der Waals surface area contributed by atoms with Crippen LogP contribution < -0.4 is 10.6 Å². The zero-order chi connectivity index (χ0) is 18.1. The summed E-state index contributed by atoms with van der Waals surface area (Å²) in [5.41, 5.74) is 0. The Morgan fingerprint density at radius 1 is 1.29 bits per heavy atom. The van der Waals surface area contributed by atoms with Crippen LogP contribution in [0.4, 0.5) is 13.6 Å². The van der Waals surface area contributed by atoms with Gasteiger partial charge in [-0.15, -0.1) is 11.8 Å². The molecule has 0 fully saturated rings. The highest BCUT2D eigenvalue weighted by atomic mass is 32.2. The second kappa shape index (κ2) is 9.86. The first-order valence-electron chi connectivity index (χ1n) is 7.15. The van der Waals surface area contributed by atoms with Crippen LogP contribution in [0, 0.1) is 11.6 Å². The number of thioether (sulfide) groups is 1. The van der Waals surface area contributed by atoms with Gasteiger partial charge in [0.15, 0.2) is 6.61 Å². The molecule has 1 atom stereocenters. The van der Waals surface area contributed by atoms with E-state index in [-0.39, 0.29) is 16.7 Å². The van der Waals surface area contributed by atoms with Gasteiger partial charge in [0, 0.05) is 10.9 Å². The molecule has 0 aromatic heterocycles. The van der Waals surface area contributed by atoms with Crippen LogP contribution in [0.3, 0.4) is 0 Å². The number of hydrogen-bond acceptors (Lipinski definition) is 5. The molecule has 3 amide bonds. The molecule has 9 heteroatoms. The van der Waals surface area contributed by atoms with Crippen molar-refractivity contribution in [2.75, 3.05) is 12.4 Å². The molecule has 6 nitrogen and oxygen atoms in total. The molecule has 132 valence electrons. The van der Waals surface area contributed by atoms with E-state index in [4.69, 9.17) is 0 Å². The summed E-state index contributed by atoms with van der Waals surface area (Å²) in [6.45, 7) is 3.00. The summed E-state index contributed by atoms with van der Waals surface area (Å²) in [5, 5.41) is 4.52.